The molecule has 2 rings (SSSR count). The Labute approximate surface area is 114 Å². The summed E-state index contributed by atoms with van der Waals surface area (Å²) in [7, 11) is 0. The van der Waals surface area contributed by atoms with Crippen LogP contribution in [0.5, 0.6) is 0 Å². The monoisotopic (exact) mass is 308 g/mol. The van der Waals surface area contributed by atoms with Crippen molar-refractivity contribution < 1.29 is 30.7 Å². The first kappa shape index (κ1) is 15.3. The Morgan fingerprint density at radius 1 is 0.667 bits per heavy atom. The summed E-state index contributed by atoms with van der Waals surface area (Å²) in [6, 6.07) is 5.44. The summed E-state index contributed by atoms with van der Waals surface area (Å²) >= 11 is 0. The molecule has 0 aliphatic rings. The van der Waals surface area contributed by atoms with Crippen molar-refractivity contribution in [3.8, 4) is 11.1 Å². The highest BCUT2D eigenvalue weighted by Crippen LogP contribution is 2.35. The molecule has 0 radical (unpaired) electrons. The lowest BCUT2D eigenvalue weighted by atomic mass is 10.0. The van der Waals surface area contributed by atoms with E-state index >= 15 is 0 Å². The smallest absolute Gasteiger partial charge is 0.206 e. The zero-order valence-corrected chi connectivity index (χ0v) is 10.2. The van der Waals surface area contributed by atoms with Gasteiger partial charge in [0.1, 0.15) is 5.82 Å². The fraction of sp³-hybridized carbons (Fsp3) is 0.143. The molecule has 0 heterocycles. The molecule has 0 nitrogen and oxygen atoms in total. The molecule has 0 fully saturated rings. The predicted octanol–water partition coefficient (Wildman–Crippen LogP) is 5.53. The van der Waals surface area contributed by atoms with Crippen molar-refractivity contribution in [2.45, 2.75) is 12.4 Å². The van der Waals surface area contributed by atoms with Gasteiger partial charge in [-0.05, 0) is 29.8 Å². The molecule has 0 atom stereocenters. The van der Waals surface area contributed by atoms with Crippen LogP contribution in [0.4, 0.5) is 30.7 Å². The van der Waals surface area contributed by atoms with Gasteiger partial charge >= 0.3 is 12.4 Å². The van der Waals surface area contributed by atoms with Crippen molar-refractivity contribution in [3.05, 3.63) is 59.4 Å². The summed E-state index contributed by atoms with van der Waals surface area (Å²) in [6.07, 6.45) is -9.33. The van der Waals surface area contributed by atoms with E-state index < -0.39 is 29.3 Å². The van der Waals surface area contributed by atoms with E-state index in [1.54, 1.807) is 0 Å². The van der Waals surface area contributed by atoms with Gasteiger partial charge in [-0.25, -0.2) is 4.39 Å². The Morgan fingerprint density at radius 2 is 1.24 bits per heavy atom. The van der Waals surface area contributed by atoms with Crippen LogP contribution in [0.25, 0.3) is 11.1 Å². The lowest BCUT2D eigenvalue weighted by Gasteiger charge is -2.11. The van der Waals surface area contributed by atoms with Gasteiger partial charge in [-0.15, -0.1) is 0 Å². The van der Waals surface area contributed by atoms with Crippen molar-refractivity contribution in [2.75, 3.05) is 0 Å². The predicted molar refractivity (Wildman–Crippen MR) is 61.8 cm³/mol. The SMILES string of the molecule is Fc1cc(C(F)(F)F)ccc1-c1cccc(C(F)(F)F)c1. The number of hydrogen-bond acceptors (Lipinski definition) is 0. The van der Waals surface area contributed by atoms with Gasteiger partial charge in [0.2, 0.25) is 0 Å². The number of hydrogen-bond donors (Lipinski definition) is 0. The van der Waals surface area contributed by atoms with Crippen LogP contribution in [0.15, 0.2) is 42.5 Å². The molecule has 0 aliphatic heterocycles. The van der Waals surface area contributed by atoms with Crippen molar-refractivity contribution in [1.29, 1.82) is 0 Å². The third-order valence-electron chi connectivity index (χ3n) is 2.80. The van der Waals surface area contributed by atoms with Crippen LogP contribution >= 0.6 is 0 Å². The molecule has 21 heavy (non-hydrogen) atoms. The lowest BCUT2D eigenvalue weighted by molar-refractivity contribution is -0.138. The molecule has 0 N–H and O–H groups in total. The molecule has 7 heteroatoms. The minimum absolute atomic E-state index is 0.143. The maximum atomic E-state index is 13.7. The highest BCUT2D eigenvalue weighted by atomic mass is 19.4. The van der Waals surface area contributed by atoms with Crippen molar-refractivity contribution in [2.24, 2.45) is 0 Å². The summed E-state index contributed by atoms with van der Waals surface area (Å²) in [5.74, 6) is -1.23. The van der Waals surface area contributed by atoms with Gasteiger partial charge in [-0.3, -0.25) is 0 Å². The van der Waals surface area contributed by atoms with Gasteiger partial charge in [0, 0.05) is 5.56 Å². The molecule has 0 bridgehead atoms. The molecule has 0 unspecified atom stereocenters. The largest absolute Gasteiger partial charge is 0.416 e. The first-order valence-electron chi connectivity index (χ1n) is 5.63. The topological polar surface area (TPSA) is 0 Å². The Kier molecular flexibility index (Phi) is 3.69. The normalized spacial score (nSPS) is 12.5. The van der Waals surface area contributed by atoms with E-state index in [1.165, 1.54) is 6.07 Å². The van der Waals surface area contributed by atoms with Crippen LogP contribution in [0, 0.1) is 5.82 Å². The molecular formula is C14H7F7. The first-order valence-corrected chi connectivity index (χ1v) is 5.63. The van der Waals surface area contributed by atoms with Crippen LogP contribution in [-0.4, -0.2) is 0 Å². The molecule has 0 aromatic heterocycles. The van der Waals surface area contributed by atoms with E-state index in [1.807, 2.05) is 0 Å². The zero-order chi connectivity index (χ0) is 15.8. The van der Waals surface area contributed by atoms with E-state index in [2.05, 4.69) is 0 Å². The number of benzene rings is 2. The Hall–Kier alpha value is -2.05. The molecule has 0 spiro atoms. The molecule has 0 saturated heterocycles. The molecule has 2 aromatic rings. The van der Waals surface area contributed by atoms with Gasteiger partial charge in [0.15, 0.2) is 0 Å². The van der Waals surface area contributed by atoms with Crippen LogP contribution in [0.2, 0.25) is 0 Å². The van der Waals surface area contributed by atoms with Crippen LogP contribution in [0.1, 0.15) is 11.1 Å². The van der Waals surface area contributed by atoms with Crippen LogP contribution < -0.4 is 0 Å². The molecule has 112 valence electrons. The molecule has 0 amide bonds. The Morgan fingerprint density at radius 3 is 1.76 bits per heavy atom. The highest BCUT2D eigenvalue weighted by Gasteiger charge is 2.32. The Bertz CT molecular complexity index is 653. The number of halogens is 7. The van der Waals surface area contributed by atoms with Gasteiger partial charge < -0.3 is 0 Å². The van der Waals surface area contributed by atoms with E-state index in [0.29, 0.717) is 12.1 Å². The first-order chi connectivity index (χ1) is 9.59. The Balaban J connectivity index is 2.48. The molecular weight excluding hydrogens is 301 g/mol. The van der Waals surface area contributed by atoms with E-state index in [9.17, 15) is 30.7 Å². The average molecular weight is 308 g/mol. The van der Waals surface area contributed by atoms with Gasteiger partial charge in [0.05, 0.1) is 11.1 Å². The van der Waals surface area contributed by atoms with Crippen LogP contribution in [-0.2, 0) is 12.4 Å². The maximum absolute atomic E-state index is 13.7. The second-order valence-corrected chi connectivity index (χ2v) is 4.27. The molecule has 0 aliphatic carbocycles. The quantitative estimate of drug-likeness (QED) is 0.608. The average Bonchev–Trinajstić information content (AvgIpc) is 2.36. The van der Waals surface area contributed by atoms with E-state index in [-0.39, 0.29) is 17.2 Å². The second kappa shape index (κ2) is 5.05. The van der Waals surface area contributed by atoms with Gasteiger partial charge in [-0.1, -0.05) is 18.2 Å². The van der Waals surface area contributed by atoms with Crippen molar-refractivity contribution in [3.63, 3.8) is 0 Å². The van der Waals surface area contributed by atoms with Crippen molar-refractivity contribution in [1.82, 2.24) is 0 Å². The van der Waals surface area contributed by atoms with Gasteiger partial charge in [0.25, 0.3) is 0 Å². The highest BCUT2D eigenvalue weighted by molar-refractivity contribution is 5.65. The van der Waals surface area contributed by atoms with E-state index in [4.69, 9.17) is 0 Å². The number of rotatable bonds is 1. The lowest BCUT2D eigenvalue weighted by Crippen LogP contribution is -2.06. The minimum atomic E-state index is -4.72. The molecule has 0 saturated carbocycles. The molecule has 2 aromatic carbocycles. The fourth-order valence-corrected chi connectivity index (χ4v) is 1.79. The minimum Gasteiger partial charge on any atom is -0.206 e. The maximum Gasteiger partial charge on any atom is 0.416 e. The fourth-order valence-electron chi connectivity index (χ4n) is 1.79. The van der Waals surface area contributed by atoms with E-state index in [0.717, 1.165) is 18.2 Å². The number of alkyl halides is 6. The zero-order valence-electron chi connectivity index (χ0n) is 10.2. The summed E-state index contributed by atoms with van der Waals surface area (Å²) in [4.78, 5) is 0. The summed E-state index contributed by atoms with van der Waals surface area (Å²) in [5.41, 5.74) is -2.67. The summed E-state index contributed by atoms with van der Waals surface area (Å²) in [5, 5.41) is 0. The standard InChI is InChI=1S/C14H7F7/c15-12-7-10(14(19,20)21)4-5-11(12)8-2-1-3-9(6-8)13(16,17)18/h1-7H. The van der Waals surface area contributed by atoms with Gasteiger partial charge in [-0.2, -0.15) is 26.3 Å². The summed E-state index contributed by atoms with van der Waals surface area (Å²) in [6.45, 7) is 0. The second-order valence-electron chi connectivity index (χ2n) is 4.27. The van der Waals surface area contributed by atoms with Crippen LogP contribution in [0.3, 0.4) is 0 Å². The summed E-state index contributed by atoms with van der Waals surface area (Å²) < 4.78 is 88.6. The third kappa shape index (κ3) is 3.34. The van der Waals surface area contributed by atoms with Crippen molar-refractivity contribution >= 4 is 0 Å². The third-order valence-corrected chi connectivity index (χ3v) is 2.80.